The van der Waals surface area contributed by atoms with Gasteiger partial charge in [0.05, 0.1) is 5.56 Å². The van der Waals surface area contributed by atoms with Gasteiger partial charge in [-0.3, -0.25) is 4.79 Å². The second kappa shape index (κ2) is 6.68. The summed E-state index contributed by atoms with van der Waals surface area (Å²) in [6.45, 7) is 2.94. The first-order valence-electron chi connectivity index (χ1n) is 6.43. The molecule has 1 amide bonds. The Hall–Kier alpha value is -1.65. The number of rotatable bonds is 4. The Morgan fingerprint density at radius 1 is 1.20 bits per heavy atom. The standard InChI is InChI=1S/C16H17BrN2O/c1-11-6-7-14(15(17)8-11)16(20)19-10-13-5-3-2-4-12(13)9-18/h2-8H,9-10,18H2,1H3,(H,19,20). The highest BCUT2D eigenvalue weighted by Crippen LogP contribution is 2.18. The fraction of sp³-hybridized carbons (Fsp3) is 0.188. The smallest absolute Gasteiger partial charge is 0.252 e. The van der Waals surface area contributed by atoms with E-state index in [1.807, 2.05) is 49.4 Å². The summed E-state index contributed by atoms with van der Waals surface area (Å²) < 4.78 is 0.808. The van der Waals surface area contributed by atoms with E-state index in [4.69, 9.17) is 5.73 Å². The molecule has 0 aliphatic rings. The van der Waals surface area contributed by atoms with E-state index in [1.54, 1.807) is 0 Å². The van der Waals surface area contributed by atoms with Gasteiger partial charge in [-0.15, -0.1) is 0 Å². The second-order valence-electron chi connectivity index (χ2n) is 4.64. The van der Waals surface area contributed by atoms with Crippen LogP contribution in [0.2, 0.25) is 0 Å². The van der Waals surface area contributed by atoms with Crippen molar-refractivity contribution in [2.75, 3.05) is 0 Å². The van der Waals surface area contributed by atoms with Crippen LogP contribution in [0, 0.1) is 6.92 Å². The van der Waals surface area contributed by atoms with Crippen LogP contribution in [-0.4, -0.2) is 5.91 Å². The largest absolute Gasteiger partial charge is 0.348 e. The average molecular weight is 333 g/mol. The highest BCUT2D eigenvalue weighted by Gasteiger charge is 2.10. The SMILES string of the molecule is Cc1ccc(C(=O)NCc2ccccc2CN)c(Br)c1. The zero-order valence-corrected chi connectivity index (χ0v) is 12.9. The summed E-state index contributed by atoms with van der Waals surface area (Å²) in [6, 6.07) is 13.5. The Kier molecular flexibility index (Phi) is 4.93. The molecule has 0 spiro atoms. The van der Waals surface area contributed by atoms with Crippen molar-refractivity contribution < 1.29 is 4.79 Å². The van der Waals surface area contributed by atoms with E-state index in [2.05, 4.69) is 21.2 Å². The average Bonchev–Trinajstić information content (AvgIpc) is 2.45. The number of aryl methyl sites for hydroxylation is 1. The van der Waals surface area contributed by atoms with Crippen LogP contribution in [0.5, 0.6) is 0 Å². The number of carbonyl (C=O) groups is 1. The van der Waals surface area contributed by atoms with Crippen LogP contribution >= 0.6 is 15.9 Å². The van der Waals surface area contributed by atoms with Gasteiger partial charge in [0.15, 0.2) is 0 Å². The molecule has 0 bridgehead atoms. The van der Waals surface area contributed by atoms with E-state index in [1.165, 1.54) is 0 Å². The Morgan fingerprint density at radius 3 is 2.55 bits per heavy atom. The maximum Gasteiger partial charge on any atom is 0.252 e. The number of nitrogens with one attached hydrogen (secondary N) is 1. The third-order valence-electron chi connectivity index (χ3n) is 3.15. The van der Waals surface area contributed by atoms with Gasteiger partial charge >= 0.3 is 0 Å². The van der Waals surface area contributed by atoms with Gasteiger partial charge < -0.3 is 11.1 Å². The molecule has 0 aliphatic heterocycles. The minimum atomic E-state index is -0.0938. The molecule has 0 saturated carbocycles. The predicted molar refractivity (Wildman–Crippen MR) is 84.4 cm³/mol. The molecule has 0 aliphatic carbocycles. The lowest BCUT2D eigenvalue weighted by atomic mass is 10.1. The molecule has 0 radical (unpaired) electrons. The Bertz CT molecular complexity index is 626. The molecule has 0 unspecified atom stereocenters. The van der Waals surface area contributed by atoms with Crippen LogP contribution in [0.3, 0.4) is 0 Å². The van der Waals surface area contributed by atoms with Gasteiger partial charge in [-0.1, -0.05) is 30.3 Å². The van der Waals surface area contributed by atoms with Crippen LogP contribution < -0.4 is 11.1 Å². The summed E-state index contributed by atoms with van der Waals surface area (Å²) in [7, 11) is 0. The molecule has 104 valence electrons. The molecular formula is C16H17BrN2O. The van der Waals surface area contributed by atoms with Crippen LogP contribution in [0.1, 0.15) is 27.0 Å². The topological polar surface area (TPSA) is 55.1 Å². The molecule has 0 fully saturated rings. The minimum Gasteiger partial charge on any atom is -0.348 e. The summed E-state index contributed by atoms with van der Waals surface area (Å²) in [6.07, 6.45) is 0. The van der Waals surface area contributed by atoms with Crippen molar-refractivity contribution in [1.29, 1.82) is 0 Å². The molecule has 0 saturated heterocycles. The van der Waals surface area contributed by atoms with E-state index in [0.717, 1.165) is 21.2 Å². The maximum absolute atomic E-state index is 12.2. The van der Waals surface area contributed by atoms with Gasteiger partial charge in [-0.05, 0) is 51.7 Å². The van der Waals surface area contributed by atoms with Crippen LogP contribution in [-0.2, 0) is 13.1 Å². The quantitative estimate of drug-likeness (QED) is 0.903. The zero-order chi connectivity index (χ0) is 14.5. The van der Waals surface area contributed by atoms with Crippen molar-refractivity contribution in [1.82, 2.24) is 5.32 Å². The second-order valence-corrected chi connectivity index (χ2v) is 5.49. The van der Waals surface area contributed by atoms with Gasteiger partial charge in [0.1, 0.15) is 0 Å². The number of carbonyl (C=O) groups excluding carboxylic acids is 1. The molecule has 2 rings (SSSR count). The lowest BCUT2D eigenvalue weighted by Gasteiger charge is -2.10. The van der Waals surface area contributed by atoms with E-state index in [9.17, 15) is 4.79 Å². The summed E-state index contributed by atoms with van der Waals surface area (Å²) in [5.41, 5.74) is 9.54. The molecule has 3 N–H and O–H groups in total. The summed E-state index contributed by atoms with van der Waals surface area (Å²) >= 11 is 3.42. The molecule has 2 aromatic rings. The number of hydrogen-bond donors (Lipinski definition) is 2. The van der Waals surface area contributed by atoms with E-state index in [-0.39, 0.29) is 5.91 Å². The lowest BCUT2D eigenvalue weighted by molar-refractivity contribution is 0.0950. The van der Waals surface area contributed by atoms with Gasteiger partial charge in [0.2, 0.25) is 0 Å². The van der Waals surface area contributed by atoms with Crippen LogP contribution in [0.15, 0.2) is 46.9 Å². The predicted octanol–water partition coefficient (Wildman–Crippen LogP) is 3.15. The number of amides is 1. The van der Waals surface area contributed by atoms with Crippen LogP contribution in [0.4, 0.5) is 0 Å². The van der Waals surface area contributed by atoms with E-state index < -0.39 is 0 Å². The Labute approximate surface area is 127 Å². The molecule has 20 heavy (non-hydrogen) atoms. The minimum absolute atomic E-state index is 0.0938. The molecular weight excluding hydrogens is 316 g/mol. The molecule has 4 heteroatoms. The highest BCUT2D eigenvalue weighted by atomic mass is 79.9. The van der Waals surface area contributed by atoms with Gasteiger partial charge in [0.25, 0.3) is 5.91 Å². The van der Waals surface area contributed by atoms with Crippen molar-refractivity contribution in [2.45, 2.75) is 20.0 Å². The van der Waals surface area contributed by atoms with Crippen molar-refractivity contribution in [3.63, 3.8) is 0 Å². The normalized spacial score (nSPS) is 10.3. The lowest BCUT2D eigenvalue weighted by Crippen LogP contribution is -2.24. The first-order chi connectivity index (χ1) is 9.61. The number of benzene rings is 2. The van der Waals surface area contributed by atoms with Crippen molar-refractivity contribution in [2.24, 2.45) is 5.73 Å². The Balaban J connectivity index is 2.09. The van der Waals surface area contributed by atoms with Gasteiger partial charge in [0, 0.05) is 17.6 Å². The van der Waals surface area contributed by atoms with E-state index >= 15 is 0 Å². The van der Waals surface area contributed by atoms with Crippen molar-refractivity contribution in [3.05, 3.63) is 69.2 Å². The number of halogens is 1. The fourth-order valence-electron chi connectivity index (χ4n) is 2.00. The fourth-order valence-corrected chi connectivity index (χ4v) is 2.68. The molecule has 0 heterocycles. The zero-order valence-electron chi connectivity index (χ0n) is 11.3. The maximum atomic E-state index is 12.2. The number of hydrogen-bond acceptors (Lipinski definition) is 2. The molecule has 2 aromatic carbocycles. The van der Waals surface area contributed by atoms with Crippen molar-refractivity contribution >= 4 is 21.8 Å². The first kappa shape index (κ1) is 14.8. The van der Waals surface area contributed by atoms with E-state index in [0.29, 0.717) is 18.7 Å². The number of nitrogens with two attached hydrogens (primary N) is 1. The van der Waals surface area contributed by atoms with Gasteiger partial charge in [-0.2, -0.15) is 0 Å². The molecule has 0 aromatic heterocycles. The third kappa shape index (κ3) is 3.46. The summed E-state index contributed by atoms with van der Waals surface area (Å²) in [4.78, 5) is 12.2. The highest BCUT2D eigenvalue weighted by molar-refractivity contribution is 9.10. The first-order valence-corrected chi connectivity index (χ1v) is 7.22. The summed E-state index contributed by atoms with van der Waals surface area (Å²) in [5, 5.41) is 2.93. The van der Waals surface area contributed by atoms with Crippen molar-refractivity contribution in [3.8, 4) is 0 Å². The summed E-state index contributed by atoms with van der Waals surface area (Å²) in [5.74, 6) is -0.0938. The van der Waals surface area contributed by atoms with Gasteiger partial charge in [-0.25, -0.2) is 0 Å². The Morgan fingerprint density at radius 2 is 1.90 bits per heavy atom. The molecule has 0 atom stereocenters. The third-order valence-corrected chi connectivity index (χ3v) is 3.80. The molecule has 3 nitrogen and oxygen atoms in total. The monoisotopic (exact) mass is 332 g/mol. The van der Waals surface area contributed by atoms with Crippen LogP contribution in [0.25, 0.3) is 0 Å².